The number of hydrogen-bond acceptors (Lipinski definition) is 5. The Morgan fingerprint density at radius 1 is 1.12 bits per heavy atom. The van der Waals surface area contributed by atoms with Gasteiger partial charge in [-0.2, -0.15) is 0 Å². The van der Waals surface area contributed by atoms with E-state index in [1.165, 1.54) is 18.2 Å². The topological polar surface area (TPSA) is 119 Å². The molecular formula is C17H16N2O6. The normalized spacial score (nSPS) is 11.4. The van der Waals surface area contributed by atoms with E-state index in [0.29, 0.717) is 0 Å². The van der Waals surface area contributed by atoms with Gasteiger partial charge in [-0.3, -0.25) is 10.1 Å². The van der Waals surface area contributed by atoms with Gasteiger partial charge >= 0.3 is 12.1 Å². The van der Waals surface area contributed by atoms with Crippen molar-refractivity contribution in [3.05, 3.63) is 75.8 Å². The first-order valence-corrected chi connectivity index (χ1v) is 7.39. The zero-order chi connectivity index (χ0) is 18.2. The smallest absolute Gasteiger partial charge is 0.408 e. The van der Waals surface area contributed by atoms with Gasteiger partial charge in [-0.1, -0.05) is 42.5 Å². The molecule has 0 radical (unpaired) electrons. The molecule has 0 spiro atoms. The van der Waals surface area contributed by atoms with Crippen molar-refractivity contribution in [1.29, 1.82) is 0 Å². The molecule has 2 N–H and O–H groups in total. The first-order chi connectivity index (χ1) is 12.0. The second kappa shape index (κ2) is 8.44. The molecule has 0 saturated heterocycles. The number of nitro groups is 1. The molecule has 1 amide bonds. The second-order valence-corrected chi connectivity index (χ2v) is 5.19. The summed E-state index contributed by atoms with van der Waals surface area (Å²) >= 11 is 0. The number of benzene rings is 2. The Kier molecular flexibility index (Phi) is 6.05. The number of carbonyl (C=O) groups excluding carboxylic acids is 1. The molecule has 0 bridgehead atoms. The first-order valence-electron chi connectivity index (χ1n) is 7.39. The van der Waals surface area contributed by atoms with Crippen LogP contribution in [0.1, 0.15) is 11.1 Å². The van der Waals surface area contributed by atoms with Gasteiger partial charge in [-0.05, 0) is 11.6 Å². The number of carbonyl (C=O) groups is 2. The van der Waals surface area contributed by atoms with Gasteiger partial charge in [0.05, 0.1) is 10.5 Å². The molecule has 0 heterocycles. The molecule has 8 heteroatoms. The number of nitrogens with zero attached hydrogens (tertiary/aromatic N) is 1. The van der Waals surface area contributed by atoms with Gasteiger partial charge in [0.1, 0.15) is 12.6 Å². The van der Waals surface area contributed by atoms with E-state index in [2.05, 4.69) is 5.32 Å². The van der Waals surface area contributed by atoms with Gasteiger partial charge in [-0.15, -0.1) is 0 Å². The van der Waals surface area contributed by atoms with E-state index in [1.54, 1.807) is 36.4 Å². The van der Waals surface area contributed by atoms with E-state index in [0.717, 1.165) is 5.56 Å². The maximum absolute atomic E-state index is 11.8. The van der Waals surface area contributed by atoms with Crippen molar-refractivity contribution in [2.75, 3.05) is 0 Å². The van der Waals surface area contributed by atoms with Gasteiger partial charge in [0.2, 0.25) is 0 Å². The lowest BCUT2D eigenvalue weighted by Gasteiger charge is -2.14. The minimum absolute atomic E-state index is 0.0940. The molecule has 2 aromatic carbocycles. The van der Waals surface area contributed by atoms with E-state index in [4.69, 9.17) is 4.74 Å². The van der Waals surface area contributed by atoms with E-state index in [9.17, 15) is 24.8 Å². The highest BCUT2D eigenvalue weighted by molar-refractivity contribution is 5.80. The Morgan fingerprint density at radius 3 is 2.40 bits per heavy atom. The van der Waals surface area contributed by atoms with Crippen LogP contribution >= 0.6 is 0 Å². The number of carboxylic acids is 1. The van der Waals surface area contributed by atoms with Crippen LogP contribution in [0.25, 0.3) is 0 Å². The predicted octanol–water partition coefficient (Wildman–Crippen LogP) is 2.52. The highest BCUT2D eigenvalue weighted by Crippen LogP contribution is 2.18. The number of carboxylic acid groups (broad SMARTS) is 1. The largest absolute Gasteiger partial charge is 0.480 e. The van der Waals surface area contributed by atoms with Crippen molar-refractivity contribution in [2.24, 2.45) is 0 Å². The third kappa shape index (κ3) is 5.31. The minimum atomic E-state index is -1.20. The lowest BCUT2D eigenvalue weighted by atomic mass is 10.1. The summed E-state index contributed by atoms with van der Waals surface area (Å²) in [7, 11) is 0. The predicted molar refractivity (Wildman–Crippen MR) is 88.0 cm³/mol. The van der Waals surface area contributed by atoms with Crippen LogP contribution in [-0.2, 0) is 22.6 Å². The number of aliphatic carboxylic acids is 1. The van der Waals surface area contributed by atoms with E-state index in [-0.39, 0.29) is 24.3 Å². The molecule has 2 rings (SSSR count). The van der Waals surface area contributed by atoms with Crippen molar-refractivity contribution in [3.8, 4) is 0 Å². The minimum Gasteiger partial charge on any atom is -0.480 e. The molecule has 0 aromatic heterocycles. The molecule has 0 unspecified atom stereocenters. The first kappa shape index (κ1) is 17.9. The summed E-state index contributed by atoms with van der Waals surface area (Å²) in [6.45, 7) is -0.333. The Morgan fingerprint density at radius 2 is 1.76 bits per heavy atom. The summed E-state index contributed by atoms with van der Waals surface area (Å²) in [5.74, 6) is -1.20. The Hall–Kier alpha value is -3.42. The molecule has 0 fully saturated rings. The molecule has 25 heavy (non-hydrogen) atoms. The Labute approximate surface area is 143 Å². The molecule has 0 aliphatic rings. The number of amides is 1. The number of alkyl carbamates (subject to hydrolysis) is 1. The number of nitrogens with one attached hydrogen (secondary N) is 1. The molecule has 1 atom stereocenters. The Bertz CT molecular complexity index is 763. The summed E-state index contributed by atoms with van der Waals surface area (Å²) in [4.78, 5) is 33.5. The van der Waals surface area contributed by atoms with Crippen molar-refractivity contribution in [3.63, 3.8) is 0 Å². The van der Waals surface area contributed by atoms with Crippen LogP contribution in [0.2, 0.25) is 0 Å². The number of hydrogen-bond donors (Lipinski definition) is 2. The molecule has 0 saturated carbocycles. The summed E-state index contributed by atoms with van der Waals surface area (Å²) < 4.78 is 4.92. The molecule has 130 valence electrons. The van der Waals surface area contributed by atoms with E-state index < -0.39 is 23.0 Å². The fraction of sp³-hybridized carbons (Fsp3) is 0.176. The van der Waals surface area contributed by atoms with Crippen LogP contribution in [0.15, 0.2) is 54.6 Å². The number of para-hydroxylation sites is 1. The van der Waals surface area contributed by atoms with Crippen LogP contribution in [0.3, 0.4) is 0 Å². The SMILES string of the molecule is O=C(N[C@@H](Cc1ccccc1)C(=O)O)OCc1ccccc1[N+](=O)[O-]. The lowest BCUT2D eigenvalue weighted by Crippen LogP contribution is -2.42. The standard InChI is InChI=1S/C17H16N2O6/c20-16(21)14(10-12-6-2-1-3-7-12)18-17(22)25-11-13-8-4-5-9-15(13)19(23)24/h1-9,14H,10-11H2,(H,18,22)(H,20,21)/t14-/m0/s1. The highest BCUT2D eigenvalue weighted by atomic mass is 16.6. The highest BCUT2D eigenvalue weighted by Gasteiger charge is 2.22. The van der Waals surface area contributed by atoms with Gasteiger partial charge in [0.15, 0.2) is 0 Å². The fourth-order valence-corrected chi connectivity index (χ4v) is 2.19. The average molecular weight is 344 g/mol. The zero-order valence-electron chi connectivity index (χ0n) is 13.1. The molecule has 8 nitrogen and oxygen atoms in total. The number of nitro benzene ring substituents is 1. The van der Waals surface area contributed by atoms with Crippen molar-refractivity contribution >= 4 is 17.7 Å². The van der Waals surface area contributed by atoms with Gasteiger partial charge < -0.3 is 15.2 Å². The van der Waals surface area contributed by atoms with Crippen molar-refractivity contribution in [1.82, 2.24) is 5.32 Å². The van der Waals surface area contributed by atoms with Crippen LogP contribution in [0.4, 0.5) is 10.5 Å². The maximum atomic E-state index is 11.8. The molecular weight excluding hydrogens is 328 g/mol. The van der Waals surface area contributed by atoms with Crippen LogP contribution in [0, 0.1) is 10.1 Å². The molecule has 0 aliphatic heterocycles. The van der Waals surface area contributed by atoms with Gasteiger partial charge in [-0.25, -0.2) is 9.59 Å². The summed E-state index contributed by atoms with van der Waals surface area (Å²) in [6.07, 6.45) is -0.863. The van der Waals surface area contributed by atoms with Crippen molar-refractivity contribution in [2.45, 2.75) is 19.1 Å². The third-order valence-corrected chi connectivity index (χ3v) is 3.42. The lowest BCUT2D eigenvalue weighted by molar-refractivity contribution is -0.385. The quantitative estimate of drug-likeness (QED) is 0.588. The zero-order valence-corrected chi connectivity index (χ0v) is 13.1. The fourth-order valence-electron chi connectivity index (χ4n) is 2.19. The molecule has 2 aromatic rings. The average Bonchev–Trinajstić information content (AvgIpc) is 2.60. The van der Waals surface area contributed by atoms with Gasteiger partial charge in [0, 0.05) is 12.5 Å². The van der Waals surface area contributed by atoms with Crippen LogP contribution in [0.5, 0.6) is 0 Å². The summed E-state index contributed by atoms with van der Waals surface area (Å²) in [5.41, 5.74) is 0.792. The van der Waals surface area contributed by atoms with Gasteiger partial charge in [0.25, 0.3) is 5.69 Å². The third-order valence-electron chi connectivity index (χ3n) is 3.42. The monoisotopic (exact) mass is 344 g/mol. The van der Waals surface area contributed by atoms with E-state index in [1.807, 2.05) is 0 Å². The van der Waals surface area contributed by atoms with E-state index >= 15 is 0 Å². The second-order valence-electron chi connectivity index (χ2n) is 5.19. The summed E-state index contributed by atoms with van der Waals surface area (Å²) in [6, 6.07) is 13.5. The van der Waals surface area contributed by atoms with Crippen molar-refractivity contribution < 1.29 is 24.4 Å². The van der Waals surface area contributed by atoms with Crippen LogP contribution in [-0.4, -0.2) is 28.1 Å². The Balaban J connectivity index is 1.96. The number of ether oxygens (including phenoxy) is 1. The molecule has 0 aliphatic carbocycles. The van der Waals surface area contributed by atoms with Crippen LogP contribution < -0.4 is 5.32 Å². The summed E-state index contributed by atoms with van der Waals surface area (Å²) in [5, 5.41) is 22.4. The number of rotatable bonds is 7. The maximum Gasteiger partial charge on any atom is 0.408 e.